The van der Waals surface area contributed by atoms with Gasteiger partial charge in [0.2, 0.25) is 10.0 Å². The van der Waals surface area contributed by atoms with Crippen molar-refractivity contribution in [1.29, 1.82) is 0 Å². The largest absolute Gasteiger partial charge is 0.366 e. The molecule has 0 saturated heterocycles. The van der Waals surface area contributed by atoms with Gasteiger partial charge in [-0.05, 0) is 102 Å². The van der Waals surface area contributed by atoms with Gasteiger partial charge in [-0.25, -0.2) is 13.1 Å². The third-order valence-electron chi connectivity index (χ3n) is 9.76. The van der Waals surface area contributed by atoms with Gasteiger partial charge < -0.3 is 5.53 Å². The van der Waals surface area contributed by atoms with Crippen molar-refractivity contribution in [3.63, 3.8) is 0 Å². The fourth-order valence-electron chi connectivity index (χ4n) is 7.69. The molecule has 0 amide bonds. The maximum absolute atomic E-state index is 13.5. The zero-order valence-corrected chi connectivity index (χ0v) is 23.4. The van der Waals surface area contributed by atoms with Crippen LogP contribution in [0.3, 0.4) is 0 Å². The van der Waals surface area contributed by atoms with Crippen LogP contribution in [0.25, 0.3) is 5.53 Å². The minimum Gasteiger partial charge on any atom is -0.361 e. The van der Waals surface area contributed by atoms with Gasteiger partial charge >= 0.3 is 5.71 Å². The number of Topliss-reactive ketones (excluding diaryl/α,β-unsaturated/α-hetero) is 1. The number of sulfonamides is 1. The Balaban J connectivity index is 1.41. The second-order valence-electron chi connectivity index (χ2n) is 12.4. The summed E-state index contributed by atoms with van der Waals surface area (Å²) in [6.45, 7) is 9.32. The predicted octanol–water partition coefficient (Wildman–Crippen LogP) is 5.75. The Morgan fingerprint density at radius 1 is 1.11 bits per heavy atom. The van der Waals surface area contributed by atoms with Crippen molar-refractivity contribution < 1.29 is 18.0 Å². The topological polar surface area (TPSA) is 99.6 Å². The number of hydrogen-bond acceptors (Lipinski definition) is 3. The average Bonchev–Trinajstić information content (AvgIpc) is 2.87. The molecule has 7 heteroatoms. The summed E-state index contributed by atoms with van der Waals surface area (Å²) in [5, 5.41) is 0. The number of carbonyl (C=O) groups is 1. The lowest BCUT2D eigenvalue weighted by Crippen LogP contribution is -2.53. The van der Waals surface area contributed by atoms with Gasteiger partial charge in [0, 0.05) is 12.1 Å². The second-order valence-corrected chi connectivity index (χ2v) is 14.1. The lowest BCUT2D eigenvalue weighted by Gasteiger charge is -2.55. The van der Waals surface area contributed by atoms with E-state index in [0.29, 0.717) is 30.3 Å². The number of nitrogens with one attached hydrogen (secondary N) is 1. The molecule has 1 saturated carbocycles. The summed E-state index contributed by atoms with van der Waals surface area (Å²) >= 11 is 0. The first-order chi connectivity index (χ1) is 17.5. The second kappa shape index (κ2) is 9.44. The van der Waals surface area contributed by atoms with E-state index in [0.717, 1.165) is 50.5 Å². The monoisotopic (exact) mass is 521 g/mol. The standard InChI is InChI=1S/C30H39N3O3S/c1-19(2)20-10-12-24-22(16-20)11-13-26-29(3,14-7-15-30(24,26)4)18-32-37(35,36)25-17-21-8-5-6-9-23(21)27(33-31)28(25)34/h10,12,16-17,19,26,32H,5-9,11,13-15,18H2,1-4H3/t26-,29+,30+/m0/s1. The molecule has 6 nitrogen and oxygen atoms in total. The van der Waals surface area contributed by atoms with Crippen molar-refractivity contribution in [1.82, 2.24) is 4.72 Å². The number of fused-ring (bicyclic) bond motifs is 3. The van der Waals surface area contributed by atoms with E-state index in [9.17, 15) is 18.7 Å². The van der Waals surface area contributed by atoms with Crippen LogP contribution in [0.4, 0.5) is 0 Å². The molecule has 1 aromatic carbocycles. The van der Waals surface area contributed by atoms with E-state index in [2.05, 4.69) is 55.4 Å². The molecule has 0 spiro atoms. The lowest BCUT2D eigenvalue weighted by atomic mass is 9.50. The van der Waals surface area contributed by atoms with Gasteiger partial charge in [-0.2, -0.15) is 4.79 Å². The van der Waals surface area contributed by atoms with E-state index in [1.54, 1.807) is 0 Å². The summed E-state index contributed by atoms with van der Waals surface area (Å²) in [7, 11) is -4.06. The molecule has 0 unspecified atom stereocenters. The molecule has 198 valence electrons. The van der Waals surface area contributed by atoms with Gasteiger partial charge in [-0.1, -0.05) is 52.3 Å². The molecule has 4 aliphatic carbocycles. The van der Waals surface area contributed by atoms with Crippen LogP contribution in [0.2, 0.25) is 0 Å². The van der Waals surface area contributed by atoms with E-state index in [1.807, 2.05) is 0 Å². The van der Waals surface area contributed by atoms with Crippen LogP contribution in [0.5, 0.6) is 0 Å². The Hall–Kier alpha value is -2.34. The van der Waals surface area contributed by atoms with Gasteiger partial charge in [0.1, 0.15) is 4.91 Å². The molecule has 1 N–H and O–H groups in total. The van der Waals surface area contributed by atoms with E-state index >= 15 is 0 Å². The number of ketones is 1. The summed E-state index contributed by atoms with van der Waals surface area (Å²) in [5.41, 5.74) is 14.9. The summed E-state index contributed by atoms with van der Waals surface area (Å²) < 4.78 is 29.8. The number of benzene rings is 1. The van der Waals surface area contributed by atoms with Crippen LogP contribution in [-0.2, 0) is 26.7 Å². The Labute approximate surface area is 221 Å². The number of nitrogens with zero attached hydrogens (tertiary/aromatic N) is 2. The minimum atomic E-state index is -4.06. The Morgan fingerprint density at radius 2 is 1.86 bits per heavy atom. The quantitative estimate of drug-likeness (QED) is 0.303. The molecular formula is C30H39N3O3S. The number of aryl methyl sites for hydroxylation is 1. The van der Waals surface area contributed by atoms with Crippen molar-refractivity contribution in [2.24, 2.45) is 11.3 Å². The number of carbonyl (C=O) groups excluding carboxylic acids is 1. The van der Waals surface area contributed by atoms with Crippen molar-refractivity contribution in [2.45, 2.75) is 96.8 Å². The van der Waals surface area contributed by atoms with Crippen LogP contribution in [0, 0.1) is 11.3 Å². The fraction of sp³-hybridized carbons (Fsp3) is 0.600. The van der Waals surface area contributed by atoms with Gasteiger partial charge in [-0.3, -0.25) is 4.79 Å². The van der Waals surface area contributed by atoms with Crippen molar-refractivity contribution in [2.75, 3.05) is 6.54 Å². The number of rotatable bonds is 5. The van der Waals surface area contributed by atoms with Gasteiger partial charge in [0.05, 0.1) is 0 Å². The van der Waals surface area contributed by atoms with Crippen LogP contribution >= 0.6 is 0 Å². The SMILES string of the molecule is CC(C)c1ccc2c(c1)CC[C@H]1[C@@](C)(CNS(=O)(=O)C3=CC4=C(CCCC4)C(=[N+]=[N-])C3=O)CCC[C@]21C. The van der Waals surface area contributed by atoms with E-state index in [4.69, 9.17) is 0 Å². The van der Waals surface area contributed by atoms with Gasteiger partial charge in [-0.15, -0.1) is 0 Å². The lowest BCUT2D eigenvalue weighted by molar-refractivity contribution is -0.113. The molecule has 0 heterocycles. The first-order valence-corrected chi connectivity index (χ1v) is 15.3. The summed E-state index contributed by atoms with van der Waals surface area (Å²) in [6, 6.07) is 6.97. The van der Waals surface area contributed by atoms with Gasteiger partial charge in [0.15, 0.2) is 0 Å². The smallest absolute Gasteiger partial charge is 0.361 e. The molecule has 4 aliphatic rings. The number of allylic oxidation sites excluding steroid dienone is 4. The molecule has 0 radical (unpaired) electrons. The maximum Gasteiger partial charge on any atom is 0.366 e. The number of hydrogen-bond donors (Lipinski definition) is 1. The molecule has 0 aliphatic heterocycles. The molecule has 0 bridgehead atoms. The molecule has 5 rings (SSSR count). The zero-order valence-electron chi connectivity index (χ0n) is 22.6. The maximum atomic E-state index is 13.5. The highest BCUT2D eigenvalue weighted by Crippen LogP contribution is 2.57. The first kappa shape index (κ1) is 26.3. The molecule has 37 heavy (non-hydrogen) atoms. The summed E-state index contributed by atoms with van der Waals surface area (Å²) in [5.74, 6) is 0.129. The van der Waals surface area contributed by atoms with E-state index < -0.39 is 15.8 Å². The fourth-order valence-corrected chi connectivity index (χ4v) is 9.01. The third-order valence-corrected chi connectivity index (χ3v) is 11.2. The predicted molar refractivity (Wildman–Crippen MR) is 146 cm³/mol. The molecular weight excluding hydrogens is 482 g/mol. The van der Waals surface area contributed by atoms with Crippen LogP contribution in [-0.4, -0.2) is 31.2 Å². The van der Waals surface area contributed by atoms with E-state index in [-0.39, 0.29) is 28.0 Å². The summed E-state index contributed by atoms with van der Waals surface area (Å²) in [6.07, 6.45) is 9.80. The first-order valence-electron chi connectivity index (χ1n) is 13.8. The van der Waals surface area contributed by atoms with Crippen LogP contribution in [0.15, 0.2) is 40.3 Å². The Kier molecular flexibility index (Phi) is 6.71. The molecule has 0 aromatic heterocycles. The third kappa shape index (κ3) is 4.39. The Bertz CT molecular complexity index is 1370. The zero-order chi connectivity index (χ0) is 26.6. The minimum absolute atomic E-state index is 0.0000130. The van der Waals surface area contributed by atoms with Crippen LogP contribution in [0.1, 0.15) is 102 Å². The van der Waals surface area contributed by atoms with Crippen LogP contribution < -0.4 is 4.72 Å². The highest BCUT2D eigenvalue weighted by atomic mass is 32.2. The average molecular weight is 522 g/mol. The summed E-state index contributed by atoms with van der Waals surface area (Å²) in [4.78, 5) is 16.0. The highest BCUT2D eigenvalue weighted by Gasteiger charge is 2.52. The van der Waals surface area contributed by atoms with Crippen molar-refractivity contribution in [3.05, 3.63) is 62.5 Å². The van der Waals surface area contributed by atoms with Crippen molar-refractivity contribution in [3.8, 4) is 0 Å². The molecule has 3 atom stereocenters. The van der Waals surface area contributed by atoms with Crippen molar-refractivity contribution >= 4 is 21.5 Å². The Morgan fingerprint density at radius 3 is 2.59 bits per heavy atom. The highest BCUT2D eigenvalue weighted by molar-refractivity contribution is 7.94. The molecule has 1 aromatic rings. The normalized spacial score (nSPS) is 29.9. The van der Waals surface area contributed by atoms with Gasteiger partial charge in [0.25, 0.3) is 5.78 Å². The molecule has 1 fully saturated rings. The van der Waals surface area contributed by atoms with E-state index in [1.165, 1.54) is 22.8 Å².